The van der Waals surface area contributed by atoms with E-state index in [1.807, 2.05) is 30.3 Å². The Morgan fingerprint density at radius 2 is 1.61 bits per heavy atom. The third-order valence-electron chi connectivity index (χ3n) is 3.12. The zero-order chi connectivity index (χ0) is 16.7. The first kappa shape index (κ1) is 16.3. The molecule has 5 nitrogen and oxygen atoms in total. The summed E-state index contributed by atoms with van der Waals surface area (Å²) in [4.78, 5) is 24.3. The number of esters is 1. The van der Waals surface area contributed by atoms with Crippen LogP contribution in [0, 0.1) is 0 Å². The summed E-state index contributed by atoms with van der Waals surface area (Å²) in [6.07, 6.45) is 1.55. The number of nitrogens with one attached hydrogen (secondary N) is 1. The molecule has 2 rings (SSSR count). The predicted octanol–water partition coefficient (Wildman–Crippen LogP) is 2.64. The normalized spacial score (nSPS) is 10.8. The number of methoxy groups -OCH3 is 2. The smallest absolute Gasteiger partial charge is 0.354 e. The fraction of sp³-hybridized carbons (Fsp3) is 0.111. The van der Waals surface area contributed by atoms with E-state index < -0.39 is 11.9 Å². The van der Waals surface area contributed by atoms with E-state index in [-0.39, 0.29) is 5.70 Å². The summed E-state index contributed by atoms with van der Waals surface area (Å²) in [6, 6.07) is 15.9. The molecule has 0 aliphatic heterocycles. The summed E-state index contributed by atoms with van der Waals surface area (Å²) in [6.45, 7) is 0. The van der Waals surface area contributed by atoms with E-state index in [0.717, 1.165) is 5.56 Å². The molecule has 1 N–H and O–H groups in total. The van der Waals surface area contributed by atoms with Crippen molar-refractivity contribution in [3.63, 3.8) is 0 Å². The van der Waals surface area contributed by atoms with Crippen LogP contribution in [0.15, 0.2) is 60.3 Å². The molecular formula is C18H17NO4. The van der Waals surface area contributed by atoms with Crippen LogP contribution in [0.2, 0.25) is 0 Å². The Bertz CT molecular complexity index is 723. The minimum Gasteiger partial charge on any atom is -0.496 e. The number of hydrogen-bond acceptors (Lipinski definition) is 4. The van der Waals surface area contributed by atoms with Crippen LogP contribution in [0.1, 0.15) is 15.9 Å². The summed E-state index contributed by atoms with van der Waals surface area (Å²) >= 11 is 0. The van der Waals surface area contributed by atoms with E-state index >= 15 is 0 Å². The first-order valence-corrected chi connectivity index (χ1v) is 6.95. The van der Waals surface area contributed by atoms with E-state index in [2.05, 4.69) is 5.32 Å². The van der Waals surface area contributed by atoms with E-state index in [0.29, 0.717) is 11.3 Å². The van der Waals surface area contributed by atoms with Gasteiger partial charge in [0.2, 0.25) is 0 Å². The van der Waals surface area contributed by atoms with E-state index in [1.165, 1.54) is 14.2 Å². The Morgan fingerprint density at radius 1 is 0.957 bits per heavy atom. The molecule has 0 spiro atoms. The molecule has 0 heterocycles. The lowest BCUT2D eigenvalue weighted by Gasteiger charge is -2.11. The number of hydrogen-bond donors (Lipinski definition) is 1. The summed E-state index contributed by atoms with van der Waals surface area (Å²) in [5.74, 6) is -0.652. The molecule has 0 aliphatic rings. The highest BCUT2D eigenvalue weighted by Gasteiger charge is 2.17. The molecule has 0 radical (unpaired) electrons. The standard InChI is InChI=1S/C18H17NO4/c1-22-16-11-7-6-10-14(16)17(20)19-15(18(21)23-2)12-13-8-4-3-5-9-13/h3-12H,1-2H3,(H,19,20). The number of carbonyl (C=O) groups is 2. The van der Waals surface area contributed by atoms with Gasteiger partial charge in [0.05, 0.1) is 19.8 Å². The Labute approximate surface area is 134 Å². The van der Waals surface area contributed by atoms with Crippen LogP contribution in [0.25, 0.3) is 6.08 Å². The molecular weight excluding hydrogens is 294 g/mol. The van der Waals surface area contributed by atoms with Gasteiger partial charge in [0, 0.05) is 0 Å². The number of ether oxygens (including phenoxy) is 2. The van der Waals surface area contributed by atoms with Gasteiger partial charge in [-0.25, -0.2) is 4.79 Å². The number of rotatable bonds is 5. The van der Waals surface area contributed by atoms with E-state index in [9.17, 15) is 9.59 Å². The molecule has 0 bridgehead atoms. The zero-order valence-corrected chi connectivity index (χ0v) is 12.9. The van der Waals surface area contributed by atoms with Crippen LogP contribution in [0.4, 0.5) is 0 Å². The molecule has 0 saturated heterocycles. The van der Waals surface area contributed by atoms with Crippen molar-refractivity contribution in [2.45, 2.75) is 0 Å². The molecule has 5 heteroatoms. The first-order chi connectivity index (χ1) is 11.2. The van der Waals surface area contributed by atoms with Gasteiger partial charge >= 0.3 is 5.97 Å². The quantitative estimate of drug-likeness (QED) is 0.681. The van der Waals surface area contributed by atoms with Gasteiger partial charge in [-0.15, -0.1) is 0 Å². The molecule has 0 unspecified atom stereocenters. The Morgan fingerprint density at radius 3 is 2.26 bits per heavy atom. The topological polar surface area (TPSA) is 64.6 Å². The highest BCUT2D eigenvalue weighted by Crippen LogP contribution is 2.17. The summed E-state index contributed by atoms with van der Waals surface area (Å²) in [5, 5.41) is 2.57. The molecule has 1 amide bonds. The van der Waals surface area contributed by atoms with Crippen LogP contribution < -0.4 is 10.1 Å². The second-order valence-corrected chi connectivity index (χ2v) is 4.61. The average Bonchev–Trinajstić information content (AvgIpc) is 2.61. The largest absolute Gasteiger partial charge is 0.496 e. The van der Waals surface area contributed by atoms with Gasteiger partial charge in [0.1, 0.15) is 11.4 Å². The molecule has 0 atom stereocenters. The van der Waals surface area contributed by atoms with Crippen LogP contribution >= 0.6 is 0 Å². The Kier molecular flexibility index (Phi) is 5.52. The second-order valence-electron chi connectivity index (χ2n) is 4.61. The van der Waals surface area contributed by atoms with Crippen molar-refractivity contribution in [1.29, 1.82) is 0 Å². The highest BCUT2D eigenvalue weighted by molar-refractivity contribution is 6.04. The van der Waals surface area contributed by atoms with Crippen LogP contribution in [0.3, 0.4) is 0 Å². The Hall–Kier alpha value is -3.08. The van der Waals surface area contributed by atoms with Crippen molar-refractivity contribution in [2.75, 3.05) is 14.2 Å². The maximum absolute atomic E-state index is 12.4. The lowest BCUT2D eigenvalue weighted by molar-refractivity contribution is -0.136. The number of amides is 1. The summed E-state index contributed by atoms with van der Waals surface area (Å²) in [5.41, 5.74) is 1.15. The summed E-state index contributed by atoms with van der Waals surface area (Å²) in [7, 11) is 2.74. The highest BCUT2D eigenvalue weighted by atomic mass is 16.5. The lowest BCUT2D eigenvalue weighted by Crippen LogP contribution is -2.28. The van der Waals surface area contributed by atoms with Crippen molar-refractivity contribution >= 4 is 18.0 Å². The SMILES string of the molecule is COC(=O)C(=Cc1ccccc1)NC(=O)c1ccccc1OC. The summed E-state index contributed by atoms with van der Waals surface area (Å²) < 4.78 is 9.88. The molecule has 118 valence electrons. The van der Waals surface area contributed by atoms with Crippen LogP contribution in [-0.4, -0.2) is 26.1 Å². The first-order valence-electron chi connectivity index (χ1n) is 6.95. The fourth-order valence-electron chi connectivity index (χ4n) is 1.99. The minimum atomic E-state index is -0.628. The fourth-order valence-corrected chi connectivity index (χ4v) is 1.99. The molecule has 0 fully saturated rings. The number of carbonyl (C=O) groups excluding carboxylic acids is 2. The minimum absolute atomic E-state index is 0.0506. The maximum Gasteiger partial charge on any atom is 0.354 e. The van der Waals surface area contributed by atoms with E-state index in [4.69, 9.17) is 9.47 Å². The van der Waals surface area contributed by atoms with Gasteiger partial charge in [0.15, 0.2) is 0 Å². The maximum atomic E-state index is 12.4. The third kappa shape index (κ3) is 4.20. The van der Waals surface area contributed by atoms with Gasteiger partial charge < -0.3 is 14.8 Å². The van der Waals surface area contributed by atoms with Gasteiger partial charge in [-0.2, -0.15) is 0 Å². The number of benzene rings is 2. The van der Waals surface area contributed by atoms with Crippen molar-refractivity contribution < 1.29 is 19.1 Å². The second kappa shape index (κ2) is 7.79. The van der Waals surface area contributed by atoms with Crippen molar-refractivity contribution in [3.8, 4) is 5.75 Å². The van der Waals surface area contributed by atoms with Crippen LogP contribution in [-0.2, 0) is 9.53 Å². The van der Waals surface area contributed by atoms with E-state index in [1.54, 1.807) is 30.3 Å². The predicted molar refractivity (Wildman–Crippen MR) is 86.9 cm³/mol. The van der Waals surface area contributed by atoms with Gasteiger partial charge in [-0.1, -0.05) is 42.5 Å². The number of para-hydroxylation sites is 1. The monoisotopic (exact) mass is 311 g/mol. The third-order valence-corrected chi connectivity index (χ3v) is 3.12. The van der Waals surface area contributed by atoms with Crippen LogP contribution in [0.5, 0.6) is 5.75 Å². The average molecular weight is 311 g/mol. The molecule has 2 aromatic rings. The lowest BCUT2D eigenvalue weighted by atomic mass is 10.1. The van der Waals surface area contributed by atoms with Crippen molar-refractivity contribution in [3.05, 3.63) is 71.4 Å². The van der Waals surface area contributed by atoms with Gasteiger partial charge in [0.25, 0.3) is 5.91 Å². The van der Waals surface area contributed by atoms with Crippen molar-refractivity contribution in [1.82, 2.24) is 5.32 Å². The zero-order valence-electron chi connectivity index (χ0n) is 12.9. The molecule has 23 heavy (non-hydrogen) atoms. The molecule has 0 aliphatic carbocycles. The molecule has 0 aromatic heterocycles. The molecule has 2 aromatic carbocycles. The van der Waals surface area contributed by atoms with Gasteiger partial charge in [-0.05, 0) is 23.8 Å². The van der Waals surface area contributed by atoms with Crippen molar-refractivity contribution in [2.24, 2.45) is 0 Å². The molecule has 0 saturated carbocycles. The van der Waals surface area contributed by atoms with Gasteiger partial charge in [-0.3, -0.25) is 4.79 Å². The Balaban J connectivity index is 2.30.